The Morgan fingerprint density at radius 2 is 1.76 bits per heavy atom. The summed E-state index contributed by atoms with van der Waals surface area (Å²) in [6.07, 6.45) is 3.25. The van der Waals surface area contributed by atoms with Crippen LogP contribution < -0.4 is 10.1 Å². The van der Waals surface area contributed by atoms with Crippen molar-refractivity contribution in [2.75, 3.05) is 19.3 Å². The predicted molar refractivity (Wildman–Crippen MR) is 91.2 cm³/mol. The molecule has 0 radical (unpaired) electrons. The molecule has 3 heteroatoms. The second-order valence-corrected chi connectivity index (χ2v) is 5.78. The van der Waals surface area contributed by atoms with Gasteiger partial charge < -0.3 is 10.1 Å². The van der Waals surface area contributed by atoms with Crippen molar-refractivity contribution in [3.63, 3.8) is 0 Å². The van der Waals surface area contributed by atoms with Gasteiger partial charge in [-0.2, -0.15) is 0 Å². The summed E-state index contributed by atoms with van der Waals surface area (Å²) in [4.78, 5) is 1.25. The Balaban J connectivity index is 2.07. The lowest BCUT2D eigenvalue weighted by Gasteiger charge is -2.20. The van der Waals surface area contributed by atoms with Gasteiger partial charge in [0.2, 0.25) is 0 Å². The highest BCUT2D eigenvalue weighted by molar-refractivity contribution is 7.98. The van der Waals surface area contributed by atoms with E-state index >= 15 is 0 Å². The molecular formula is C18H23NOS. The molecule has 2 aromatic carbocycles. The third-order valence-electron chi connectivity index (χ3n) is 3.27. The molecule has 0 aliphatic rings. The zero-order valence-corrected chi connectivity index (χ0v) is 13.5. The second kappa shape index (κ2) is 8.75. The van der Waals surface area contributed by atoms with Gasteiger partial charge in [-0.25, -0.2) is 0 Å². The highest BCUT2D eigenvalue weighted by atomic mass is 32.2. The zero-order chi connectivity index (χ0) is 14.9. The molecule has 21 heavy (non-hydrogen) atoms. The van der Waals surface area contributed by atoms with Crippen molar-refractivity contribution in [2.45, 2.75) is 24.3 Å². The van der Waals surface area contributed by atoms with Gasteiger partial charge in [0.25, 0.3) is 0 Å². The van der Waals surface area contributed by atoms with E-state index in [4.69, 9.17) is 4.74 Å². The number of hydrogen-bond donors (Lipinski definition) is 1. The Hall–Kier alpha value is -1.45. The smallest absolute Gasteiger partial charge is 0.136 e. The SMILES string of the molecule is CCCNCC(Oc1ccc(SC)cc1)c1ccccc1. The van der Waals surface area contributed by atoms with E-state index in [0.29, 0.717) is 0 Å². The van der Waals surface area contributed by atoms with Gasteiger partial charge in [0, 0.05) is 11.4 Å². The molecule has 0 aliphatic heterocycles. The normalized spacial score (nSPS) is 12.1. The Labute approximate surface area is 131 Å². The first-order chi connectivity index (χ1) is 10.3. The molecule has 0 fully saturated rings. The molecule has 0 heterocycles. The zero-order valence-electron chi connectivity index (χ0n) is 12.7. The van der Waals surface area contributed by atoms with Gasteiger partial charge >= 0.3 is 0 Å². The molecule has 1 unspecified atom stereocenters. The minimum Gasteiger partial charge on any atom is -0.484 e. The summed E-state index contributed by atoms with van der Waals surface area (Å²) in [7, 11) is 0. The van der Waals surface area contributed by atoms with E-state index in [2.05, 4.69) is 54.9 Å². The third-order valence-corrected chi connectivity index (χ3v) is 4.01. The van der Waals surface area contributed by atoms with Crippen molar-refractivity contribution in [1.82, 2.24) is 5.32 Å². The molecule has 1 atom stereocenters. The fraction of sp³-hybridized carbons (Fsp3) is 0.333. The average molecular weight is 301 g/mol. The maximum atomic E-state index is 6.17. The fourth-order valence-electron chi connectivity index (χ4n) is 2.12. The Morgan fingerprint density at radius 1 is 1.05 bits per heavy atom. The molecule has 0 amide bonds. The molecule has 112 valence electrons. The van der Waals surface area contributed by atoms with Gasteiger partial charge in [0.05, 0.1) is 0 Å². The maximum absolute atomic E-state index is 6.17. The number of hydrogen-bond acceptors (Lipinski definition) is 3. The molecular weight excluding hydrogens is 278 g/mol. The summed E-state index contributed by atoms with van der Waals surface area (Å²) in [6, 6.07) is 18.7. The molecule has 2 nitrogen and oxygen atoms in total. The van der Waals surface area contributed by atoms with Crippen LogP contribution in [-0.4, -0.2) is 19.3 Å². The maximum Gasteiger partial charge on any atom is 0.136 e. The largest absolute Gasteiger partial charge is 0.484 e. The first-order valence-electron chi connectivity index (χ1n) is 7.40. The van der Waals surface area contributed by atoms with E-state index in [1.165, 1.54) is 10.5 Å². The van der Waals surface area contributed by atoms with E-state index in [1.54, 1.807) is 11.8 Å². The van der Waals surface area contributed by atoms with Crippen LogP contribution in [0.1, 0.15) is 25.0 Å². The summed E-state index contributed by atoms with van der Waals surface area (Å²) in [6.45, 7) is 4.01. The van der Waals surface area contributed by atoms with Crippen LogP contribution in [0.15, 0.2) is 59.5 Å². The van der Waals surface area contributed by atoms with Crippen LogP contribution in [0, 0.1) is 0 Å². The van der Waals surface area contributed by atoms with Crippen LogP contribution in [0.5, 0.6) is 5.75 Å². The highest BCUT2D eigenvalue weighted by Crippen LogP contribution is 2.24. The molecule has 0 aliphatic carbocycles. The van der Waals surface area contributed by atoms with Crippen LogP contribution in [0.3, 0.4) is 0 Å². The highest BCUT2D eigenvalue weighted by Gasteiger charge is 2.12. The molecule has 0 bridgehead atoms. The Kier molecular flexibility index (Phi) is 6.64. The molecule has 0 spiro atoms. The molecule has 0 aromatic heterocycles. The predicted octanol–water partition coefficient (Wildman–Crippen LogP) is 4.53. The summed E-state index contributed by atoms with van der Waals surface area (Å²) >= 11 is 1.74. The summed E-state index contributed by atoms with van der Waals surface area (Å²) in [5, 5.41) is 3.45. The quantitative estimate of drug-likeness (QED) is 0.572. The van der Waals surface area contributed by atoms with Gasteiger partial charge in [-0.05, 0) is 49.1 Å². The standard InChI is InChI=1S/C18H23NOS/c1-3-13-19-14-18(15-7-5-4-6-8-15)20-16-9-11-17(21-2)12-10-16/h4-12,18-19H,3,13-14H2,1-2H3. The summed E-state index contributed by atoms with van der Waals surface area (Å²) < 4.78 is 6.17. The van der Waals surface area contributed by atoms with Gasteiger partial charge in [0.15, 0.2) is 0 Å². The summed E-state index contributed by atoms with van der Waals surface area (Å²) in [5.74, 6) is 0.917. The van der Waals surface area contributed by atoms with Crippen molar-refractivity contribution >= 4 is 11.8 Å². The molecule has 2 aromatic rings. The number of thioether (sulfide) groups is 1. The van der Waals surface area contributed by atoms with Crippen molar-refractivity contribution in [3.05, 3.63) is 60.2 Å². The number of ether oxygens (including phenoxy) is 1. The number of nitrogens with one attached hydrogen (secondary N) is 1. The Bertz CT molecular complexity index is 513. The molecule has 0 saturated carbocycles. The molecule has 0 saturated heterocycles. The molecule has 1 N–H and O–H groups in total. The topological polar surface area (TPSA) is 21.3 Å². The van der Waals surface area contributed by atoms with E-state index in [0.717, 1.165) is 25.3 Å². The Morgan fingerprint density at radius 3 is 2.38 bits per heavy atom. The van der Waals surface area contributed by atoms with Gasteiger partial charge in [0.1, 0.15) is 11.9 Å². The van der Waals surface area contributed by atoms with Crippen molar-refractivity contribution in [3.8, 4) is 5.75 Å². The van der Waals surface area contributed by atoms with E-state index in [-0.39, 0.29) is 6.10 Å². The minimum absolute atomic E-state index is 0.0397. The third kappa shape index (κ3) is 5.10. The van der Waals surface area contributed by atoms with Crippen LogP contribution >= 0.6 is 11.8 Å². The second-order valence-electron chi connectivity index (χ2n) is 4.90. The van der Waals surface area contributed by atoms with Crippen LogP contribution in [0.25, 0.3) is 0 Å². The van der Waals surface area contributed by atoms with Gasteiger partial charge in [-0.1, -0.05) is 37.3 Å². The lowest BCUT2D eigenvalue weighted by atomic mass is 10.1. The lowest BCUT2D eigenvalue weighted by Crippen LogP contribution is -2.25. The van der Waals surface area contributed by atoms with E-state index in [1.807, 2.05) is 18.2 Å². The van der Waals surface area contributed by atoms with Gasteiger partial charge in [-0.15, -0.1) is 11.8 Å². The van der Waals surface area contributed by atoms with Gasteiger partial charge in [-0.3, -0.25) is 0 Å². The van der Waals surface area contributed by atoms with Crippen molar-refractivity contribution in [2.24, 2.45) is 0 Å². The van der Waals surface area contributed by atoms with E-state index in [9.17, 15) is 0 Å². The number of rotatable bonds is 8. The first kappa shape index (κ1) is 15.9. The van der Waals surface area contributed by atoms with Crippen LogP contribution in [0.2, 0.25) is 0 Å². The van der Waals surface area contributed by atoms with Crippen molar-refractivity contribution in [1.29, 1.82) is 0 Å². The monoisotopic (exact) mass is 301 g/mol. The lowest BCUT2D eigenvalue weighted by molar-refractivity contribution is 0.202. The number of benzene rings is 2. The fourth-order valence-corrected chi connectivity index (χ4v) is 2.53. The van der Waals surface area contributed by atoms with Crippen LogP contribution in [-0.2, 0) is 0 Å². The first-order valence-corrected chi connectivity index (χ1v) is 8.62. The van der Waals surface area contributed by atoms with Crippen molar-refractivity contribution < 1.29 is 4.74 Å². The van der Waals surface area contributed by atoms with Crippen LogP contribution in [0.4, 0.5) is 0 Å². The summed E-state index contributed by atoms with van der Waals surface area (Å²) in [5.41, 5.74) is 1.20. The average Bonchev–Trinajstić information content (AvgIpc) is 2.55. The molecule has 2 rings (SSSR count). The minimum atomic E-state index is 0.0397. The van der Waals surface area contributed by atoms with E-state index < -0.39 is 0 Å².